The zero-order chi connectivity index (χ0) is 15.8. The molecule has 0 radical (unpaired) electrons. The molecule has 0 aliphatic carbocycles. The normalized spacial score (nSPS) is 11.7. The second-order valence-corrected chi connectivity index (χ2v) is 8.02. The van der Waals surface area contributed by atoms with Gasteiger partial charge in [0.15, 0.2) is 0 Å². The molecule has 1 aromatic heterocycles. The van der Waals surface area contributed by atoms with E-state index in [2.05, 4.69) is 20.7 Å². The molecule has 1 aromatic carbocycles. The summed E-state index contributed by atoms with van der Waals surface area (Å²) in [5.41, 5.74) is 0.568. The van der Waals surface area contributed by atoms with Crippen molar-refractivity contribution >= 4 is 54.6 Å². The van der Waals surface area contributed by atoms with Gasteiger partial charge in [0.25, 0.3) is 10.0 Å². The first-order valence-electron chi connectivity index (χ1n) is 5.61. The molecule has 0 fully saturated rings. The monoisotopic (exact) mass is 413 g/mol. The molecule has 2 N–H and O–H groups in total. The molecule has 0 spiro atoms. The largest absolute Gasteiger partial charge is 0.391 e. The van der Waals surface area contributed by atoms with Crippen molar-refractivity contribution < 1.29 is 17.9 Å². The Morgan fingerprint density at radius 1 is 1.48 bits per heavy atom. The van der Waals surface area contributed by atoms with Crippen molar-refractivity contribution in [2.45, 2.75) is 18.4 Å². The summed E-state index contributed by atoms with van der Waals surface area (Å²) in [7, 11) is -3.94. The first kappa shape index (κ1) is 16.7. The Morgan fingerprint density at radius 2 is 2.14 bits per heavy atom. The Labute approximate surface area is 138 Å². The summed E-state index contributed by atoms with van der Waals surface area (Å²) in [6.45, 7) is 1.25. The standard InChI is InChI=1S/C12H10BrClFNO3S2/c1-6-5-20-10(4-17)12(6)21(18,19)16-11-8(13)2-7(15)3-9(11)14/h2-3,5,16-17H,4H2,1H3. The van der Waals surface area contributed by atoms with Crippen LogP contribution >= 0.6 is 38.9 Å². The summed E-state index contributed by atoms with van der Waals surface area (Å²) in [5, 5.41) is 10.8. The van der Waals surface area contributed by atoms with Crippen LogP contribution in [0.5, 0.6) is 0 Å². The number of hydrogen-bond donors (Lipinski definition) is 2. The number of aryl methyl sites for hydroxylation is 1. The highest BCUT2D eigenvalue weighted by Gasteiger charge is 2.24. The first-order chi connectivity index (χ1) is 9.76. The van der Waals surface area contributed by atoms with Crippen molar-refractivity contribution in [3.63, 3.8) is 0 Å². The van der Waals surface area contributed by atoms with Crippen molar-refractivity contribution in [2.75, 3.05) is 4.72 Å². The van der Waals surface area contributed by atoms with E-state index in [1.807, 2.05) is 0 Å². The lowest BCUT2D eigenvalue weighted by Gasteiger charge is -2.12. The van der Waals surface area contributed by atoms with Crippen LogP contribution in [0.2, 0.25) is 5.02 Å². The van der Waals surface area contributed by atoms with Gasteiger partial charge in [0.1, 0.15) is 10.7 Å². The highest BCUT2D eigenvalue weighted by molar-refractivity contribution is 9.10. The lowest BCUT2D eigenvalue weighted by Crippen LogP contribution is -2.15. The third-order valence-corrected chi connectivity index (χ3v) is 6.37. The van der Waals surface area contributed by atoms with Gasteiger partial charge in [-0.3, -0.25) is 4.72 Å². The number of nitrogens with one attached hydrogen (secondary N) is 1. The number of benzene rings is 1. The summed E-state index contributed by atoms with van der Waals surface area (Å²) in [5.74, 6) is -0.586. The van der Waals surface area contributed by atoms with Gasteiger partial charge < -0.3 is 5.11 Å². The zero-order valence-corrected chi connectivity index (χ0v) is 14.6. The number of rotatable bonds is 4. The third kappa shape index (κ3) is 3.40. The second kappa shape index (κ2) is 6.21. The van der Waals surface area contributed by atoms with E-state index in [1.54, 1.807) is 12.3 Å². The Kier molecular flexibility index (Phi) is 4.94. The fourth-order valence-corrected chi connectivity index (χ4v) is 5.63. The summed E-state index contributed by atoms with van der Waals surface area (Å²) in [4.78, 5) is 0.344. The van der Waals surface area contributed by atoms with Crippen molar-refractivity contribution in [2.24, 2.45) is 0 Å². The maximum atomic E-state index is 13.2. The number of halogens is 3. The summed E-state index contributed by atoms with van der Waals surface area (Å²) >= 11 is 10.1. The summed E-state index contributed by atoms with van der Waals surface area (Å²) in [6.07, 6.45) is 0. The van der Waals surface area contributed by atoms with Crippen LogP contribution in [-0.4, -0.2) is 13.5 Å². The van der Waals surface area contributed by atoms with E-state index >= 15 is 0 Å². The average Bonchev–Trinajstić information content (AvgIpc) is 2.76. The van der Waals surface area contributed by atoms with Gasteiger partial charge >= 0.3 is 0 Å². The number of aliphatic hydroxyl groups is 1. The molecule has 1 heterocycles. The van der Waals surface area contributed by atoms with E-state index in [0.29, 0.717) is 10.4 Å². The molecule has 0 unspecified atom stereocenters. The molecule has 114 valence electrons. The molecule has 0 aliphatic rings. The Balaban J connectivity index is 2.50. The molecule has 2 rings (SSSR count). The maximum absolute atomic E-state index is 13.2. The zero-order valence-electron chi connectivity index (χ0n) is 10.7. The van der Waals surface area contributed by atoms with Gasteiger partial charge in [0.2, 0.25) is 0 Å². The number of sulfonamides is 1. The minimum Gasteiger partial charge on any atom is -0.391 e. The highest BCUT2D eigenvalue weighted by Crippen LogP contribution is 2.35. The molecule has 21 heavy (non-hydrogen) atoms. The third-order valence-electron chi connectivity index (χ3n) is 2.65. The molecular weight excluding hydrogens is 405 g/mol. The van der Waals surface area contributed by atoms with Crippen LogP contribution in [0.4, 0.5) is 10.1 Å². The predicted molar refractivity (Wildman–Crippen MR) is 84.9 cm³/mol. The molecule has 0 saturated heterocycles. The van der Waals surface area contributed by atoms with Crippen LogP contribution in [0, 0.1) is 12.7 Å². The molecule has 0 bridgehead atoms. The lowest BCUT2D eigenvalue weighted by molar-refractivity contribution is 0.282. The second-order valence-electron chi connectivity index (χ2n) is 4.18. The average molecular weight is 415 g/mol. The Morgan fingerprint density at radius 3 is 2.71 bits per heavy atom. The number of hydrogen-bond acceptors (Lipinski definition) is 4. The lowest BCUT2D eigenvalue weighted by atomic mass is 10.3. The van der Waals surface area contributed by atoms with E-state index in [0.717, 1.165) is 23.5 Å². The van der Waals surface area contributed by atoms with Crippen LogP contribution in [0.15, 0.2) is 26.9 Å². The van der Waals surface area contributed by atoms with Crippen LogP contribution in [0.3, 0.4) is 0 Å². The molecule has 0 atom stereocenters. The molecule has 4 nitrogen and oxygen atoms in total. The number of aliphatic hydroxyl groups excluding tert-OH is 1. The minimum absolute atomic E-state index is 0.0160. The van der Waals surface area contributed by atoms with Gasteiger partial charge in [-0.25, -0.2) is 12.8 Å². The van der Waals surface area contributed by atoms with Crippen LogP contribution < -0.4 is 4.72 Å². The molecule has 9 heteroatoms. The van der Waals surface area contributed by atoms with E-state index < -0.39 is 15.8 Å². The van der Waals surface area contributed by atoms with Gasteiger partial charge in [0, 0.05) is 4.47 Å². The van der Waals surface area contributed by atoms with Crippen molar-refractivity contribution in [1.29, 1.82) is 0 Å². The fraction of sp³-hybridized carbons (Fsp3) is 0.167. The number of thiophene rings is 1. The van der Waals surface area contributed by atoms with Gasteiger partial charge in [0.05, 0.1) is 22.2 Å². The molecule has 2 aromatic rings. The van der Waals surface area contributed by atoms with E-state index in [-0.39, 0.29) is 26.7 Å². The quantitative estimate of drug-likeness (QED) is 0.797. The molecule has 0 amide bonds. The van der Waals surface area contributed by atoms with E-state index in [4.69, 9.17) is 11.6 Å². The van der Waals surface area contributed by atoms with Crippen LogP contribution in [0.25, 0.3) is 0 Å². The van der Waals surface area contributed by atoms with Crippen LogP contribution in [-0.2, 0) is 16.6 Å². The topological polar surface area (TPSA) is 66.4 Å². The summed E-state index contributed by atoms with van der Waals surface area (Å²) in [6, 6.07) is 2.12. The molecular formula is C12H10BrClFNO3S2. The minimum atomic E-state index is -3.94. The molecule has 0 saturated carbocycles. The Bertz CT molecular complexity index is 769. The fourth-order valence-electron chi connectivity index (χ4n) is 1.78. The maximum Gasteiger partial charge on any atom is 0.263 e. The Hall–Kier alpha value is -0.670. The van der Waals surface area contributed by atoms with E-state index in [9.17, 15) is 17.9 Å². The van der Waals surface area contributed by atoms with Gasteiger partial charge in [-0.1, -0.05) is 11.6 Å². The van der Waals surface area contributed by atoms with Gasteiger partial charge in [-0.15, -0.1) is 11.3 Å². The van der Waals surface area contributed by atoms with Gasteiger partial charge in [-0.2, -0.15) is 0 Å². The number of anilines is 1. The van der Waals surface area contributed by atoms with Crippen molar-refractivity contribution in [3.05, 3.63) is 43.3 Å². The van der Waals surface area contributed by atoms with Crippen LogP contribution in [0.1, 0.15) is 10.4 Å². The SMILES string of the molecule is Cc1csc(CO)c1S(=O)(=O)Nc1c(Cl)cc(F)cc1Br. The smallest absolute Gasteiger partial charge is 0.263 e. The van der Waals surface area contributed by atoms with Crippen molar-refractivity contribution in [3.8, 4) is 0 Å². The predicted octanol–water partition coefficient (Wildman–Crippen LogP) is 3.90. The highest BCUT2D eigenvalue weighted by atomic mass is 79.9. The van der Waals surface area contributed by atoms with Gasteiger partial charge in [-0.05, 0) is 45.9 Å². The molecule has 0 aliphatic heterocycles. The van der Waals surface area contributed by atoms with Crippen molar-refractivity contribution in [1.82, 2.24) is 0 Å². The van der Waals surface area contributed by atoms with E-state index in [1.165, 1.54) is 0 Å². The summed E-state index contributed by atoms with van der Waals surface area (Å²) < 4.78 is 40.6. The first-order valence-corrected chi connectivity index (χ1v) is 9.15.